The molecule has 2 saturated heterocycles. The first kappa shape index (κ1) is 14.8. The van der Waals surface area contributed by atoms with Crippen LogP contribution in [0.3, 0.4) is 0 Å². The van der Waals surface area contributed by atoms with E-state index in [0.29, 0.717) is 32.5 Å². The lowest BCUT2D eigenvalue weighted by Gasteiger charge is -2.42. The number of hydrogen-bond acceptors (Lipinski definition) is 4. The lowest BCUT2D eigenvalue weighted by Crippen LogP contribution is -2.60. The zero-order chi connectivity index (χ0) is 14.1. The van der Waals surface area contributed by atoms with Crippen molar-refractivity contribution >= 4 is 15.7 Å². The fourth-order valence-electron chi connectivity index (χ4n) is 3.24. The average Bonchev–Trinajstić information content (AvgIpc) is 2.38. The molecule has 0 aromatic heterocycles. The molecule has 5 nitrogen and oxygen atoms in total. The first-order valence-corrected chi connectivity index (χ1v) is 8.99. The molecule has 2 fully saturated rings. The molecule has 2 heterocycles. The minimum Gasteiger partial charge on any atom is -0.339 e. The van der Waals surface area contributed by atoms with Gasteiger partial charge >= 0.3 is 0 Å². The fraction of sp³-hybridized carbons (Fsp3) is 0.923. The van der Waals surface area contributed by atoms with Gasteiger partial charge in [-0.05, 0) is 52.1 Å². The number of carbonyl (C=O) groups is 1. The summed E-state index contributed by atoms with van der Waals surface area (Å²) in [5.41, 5.74) is 0. The van der Waals surface area contributed by atoms with Crippen molar-refractivity contribution in [3.8, 4) is 0 Å². The fourth-order valence-corrected chi connectivity index (χ4v) is 4.62. The maximum Gasteiger partial charge on any atom is 0.244 e. The average molecular weight is 288 g/mol. The molecule has 0 aromatic carbocycles. The summed E-state index contributed by atoms with van der Waals surface area (Å²) in [6.07, 6.45) is 5.09. The molecule has 0 spiro atoms. The van der Waals surface area contributed by atoms with E-state index in [0.717, 1.165) is 19.3 Å². The van der Waals surface area contributed by atoms with Crippen LogP contribution in [-0.2, 0) is 14.6 Å². The maximum atomic E-state index is 12.9. The Kier molecular flexibility index (Phi) is 4.20. The smallest absolute Gasteiger partial charge is 0.244 e. The summed E-state index contributed by atoms with van der Waals surface area (Å²) in [5, 5.41) is 3.15. The zero-order valence-electron chi connectivity index (χ0n) is 11.8. The number of likely N-dealkylation sites (tertiary alicyclic amines) is 1. The lowest BCUT2D eigenvalue weighted by atomic mass is 9.92. The van der Waals surface area contributed by atoms with Crippen molar-refractivity contribution in [3.63, 3.8) is 0 Å². The molecule has 2 rings (SSSR count). The first-order chi connectivity index (χ1) is 8.88. The van der Waals surface area contributed by atoms with Crippen molar-refractivity contribution < 1.29 is 13.2 Å². The Balaban J connectivity index is 2.30. The number of rotatable bonds is 2. The van der Waals surface area contributed by atoms with E-state index in [4.69, 9.17) is 0 Å². The zero-order valence-corrected chi connectivity index (χ0v) is 12.6. The van der Waals surface area contributed by atoms with Crippen LogP contribution in [0, 0.1) is 0 Å². The Morgan fingerprint density at radius 2 is 1.89 bits per heavy atom. The van der Waals surface area contributed by atoms with Gasteiger partial charge in [0.25, 0.3) is 0 Å². The number of amides is 1. The first-order valence-electron chi connectivity index (χ1n) is 7.10. The maximum absolute atomic E-state index is 12.9. The molecule has 0 radical (unpaired) electrons. The van der Waals surface area contributed by atoms with E-state index in [1.807, 2.05) is 6.92 Å². The highest BCUT2D eigenvalue weighted by atomic mass is 32.2. The number of nitrogens with zero attached hydrogens (tertiary/aromatic N) is 1. The third-order valence-electron chi connectivity index (χ3n) is 4.57. The van der Waals surface area contributed by atoms with Gasteiger partial charge in [0, 0.05) is 18.8 Å². The Morgan fingerprint density at radius 1 is 1.26 bits per heavy atom. The van der Waals surface area contributed by atoms with Crippen molar-refractivity contribution in [2.75, 3.05) is 25.9 Å². The summed E-state index contributed by atoms with van der Waals surface area (Å²) in [6.45, 7) is 3.92. The van der Waals surface area contributed by atoms with Crippen LogP contribution in [0.15, 0.2) is 0 Å². The number of sulfone groups is 1. The van der Waals surface area contributed by atoms with Crippen LogP contribution < -0.4 is 5.32 Å². The lowest BCUT2D eigenvalue weighted by molar-refractivity contribution is -0.138. The molecule has 1 amide bonds. The van der Waals surface area contributed by atoms with E-state index < -0.39 is 14.6 Å². The molecular formula is C13H24N2O3S. The quantitative estimate of drug-likeness (QED) is 0.806. The molecule has 0 saturated carbocycles. The van der Waals surface area contributed by atoms with Gasteiger partial charge in [0.15, 0.2) is 14.6 Å². The van der Waals surface area contributed by atoms with Gasteiger partial charge in [0.1, 0.15) is 0 Å². The highest BCUT2D eigenvalue weighted by molar-refractivity contribution is 7.92. The normalized spacial score (nSPS) is 28.1. The summed E-state index contributed by atoms with van der Waals surface area (Å²) < 4.78 is 23.3. The predicted octanol–water partition coefficient (Wildman–Crippen LogP) is 0.554. The van der Waals surface area contributed by atoms with Crippen LogP contribution in [0.25, 0.3) is 0 Å². The van der Waals surface area contributed by atoms with E-state index >= 15 is 0 Å². The standard InChI is InChI=1S/C13H24N2O3S/c1-11-5-3-4-10-15(11)12(16)13(19(2,17)18)6-8-14-9-7-13/h11,14H,3-10H2,1-2H3. The summed E-state index contributed by atoms with van der Waals surface area (Å²) >= 11 is 0. The van der Waals surface area contributed by atoms with Gasteiger partial charge in [0.2, 0.25) is 5.91 Å². The highest BCUT2D eigenvalue weighted by Gasteiger charge is 2.51. The van der Waals surface area contributed by atoms with Gasteiger partial charge in [-0.25, -0.2) is 8.42 Å². The number of piperidine rings is 2. The topological polar surface area (TPSA) is 66.5 Å². The molecule has 0 aromatic rings. The molecule has 0 bridgehead atoms. The molecule has 110 valence electrons. The molecule has 0 aliphatic carbocycles. The predicted molar refractivity (Wildman–Crippen MR) is 74.7 cm³/mol. The molecule has 1 N–H and O–H groups in total. The summed E-state index contributed by atoms with van der Waals surface area (Å²) in [7, 11) is -3.39. The number of hydrogen-bond donors (Lipinski definition) is 1. The minimum atomic E-state index is -3.39. The van der Waals surface area contributed by atoms with E-state index in [2.05, 4.69) is 5.32 Å². The molecule has 2 aliphatic rings. The Hall–Kier alpha value is -0.620. The van der Waals surface area contributed by atoms with E-state index in [9.17, 15) is 13.2 Å². The third-order valence-corrected chi connectivity index (χ3v) is 6.58. The number of nitrogens with one attached hydrogen (secondary N) is 1. The second-order valence-electron chi connectivity index (χ2n) is 5.86. The monoisotopic (exact) mass is 288 g/mol. The van der Waals surface area contributed by atoms with Crippen LogP contribution in [0.4, 0.5) is 0 Å². The van der Waals surface area contributed by atoms with Gasteiger partial charge in [0.05, 0.1) is 0 Å². The molecule has 1 unspecified atom stereocenters. The summed E-state index contributed by atoms with van der Waals surface area (Å²) in [6, 6.07) is 0.162. The minimum absolute atomic E-state index is 0.162. The van der Waals surface area contributed by atoms with Crippen molar-refractivity contribution in [1.29, 1.82) is 0 Å². The van der Waals surface area contributed by atoms with Crippen LogP contribution in [0.1, 0.15) is 39.0 Å². The Bertz CT molecular complexity index is 441. The van der Waals surface area contributed by atoms with Gasteiger partial charge in [-0.1, -0.05) is 0 Å². The number of carbonyl (C=O) groups excluding carboxylic acids is 1. The summed E-state index contributed by atoms with van der Waals surface area (Å²) in [4.78, 5) is 14.7. The summed E-state index contributed by atoms with van der Waals surface area (Å²) in [5.74, 6) is -0.163. The Morgan fingerprint density at radius 3 is 2.42 bits per heavy atom. The second-order valence-corrected chi connectivity index (χ2v) is 8.19. The van der Waals surface area contributed by atoms with Crippen LogP contribution in [0.5, 0.6) is 0 Å². The van der Waals surface area contributed by atoms with Gasteiger partial charge < -0.3 is 10.2 Å². The van der Waals surface area contributed by atoms with Gasteiger partial charge in [-0.15, -0.1) is 0 Å². The molecule has 1 atom stereocenters. The SMILES string of the molecule is CC1CCCCN1C(=O)C1(S(C)(=O)=O)CCNCC1. The van der Waals surface area contributed by atoms with Crippen LogP contribution in [-0.4, -0.2) is 55.9 Å². The van der Waals surface area contributed by atoms with Crippen molar-refractivity contribution in [3.05, 3.63) is 0 Å². The highest BCUT2D eigenvalue weighted by Crippen LogP contribution is 2.32. The van der Waals surface area contributed by atoms with Crippen molar-refractivity contribution in [2.24, 2.45) is 0 Å². The molecule has 6 heteroatoms. The second kappa shape index (κ2) is 5.40. The van der Waals surface area contributed by atoms with Crippen LogP contribution >= 0.6 is 0 Å². The largest absolute Gasteiger partial charge is 0.339 e. The van der Waals surface area contributed by atoms with Gasteiger partial charge in [-0.2, -0.15) is 0 Å². The van der Waals surface area contributed by atoms with E-state index in [-0.39, 0.29) is 11.9 Å². The van der Waals surface area contributed by atoms with Gasteiger partial charge in [-0.3, -0.25) is 4.79 Å². The van der Waals surface area contributed by atoms with Crippen LogP contribution in [0.2, 0.25) is 0 Å². The molecule has 2 aliphatic heterocycles. The third kappa shape index (κ3) is 2.65. The van der Waals surface area contributed by atoms with Crippen molar-refractivity contribution in [2.45, 2.75) is 49.8 Å². The molecule has 19 heavy (non-hydrogen) atoms. The van der Waals surface area contributed by atoms with Crippen molar-refractivity contribution in [1.82, 2.24) is 10.2 Å². The Labute approximate surface area is 115 Å². The van der Waals surface area contributed by atoms with E-state index in [1.54, 1.807) is 4.90 Å². The molecular weight excluding hydrogens is 264 g/mol. The van der Waals surface area contributed by atoms with E-state index in [1.165, 1.54) is 6.26 Å².